The van der Waals surface area contributed by atoms with Crippen molar-refractivity contribution in [3.8, 4) is 17.2 Å². The quantitative estimate of drug-likeness (QED) is 0.313. The molecule has 11 nitrogen and oxygen atoms in total. The second-order valence-electron chi connectivity index (χ2n) is 6.37. The van der Waals surface area contributed by atoms with Gasteiger partial charge in [0.2, 0.25) is 0 Å². The third-order valence-electron chi connectivity index (χ3n) is 4.36. The van der Waals surface area contributed by atoms with Crippen LogP contribution < -0.4 is 14.8 Å². The van der Waals surface area contributed by atoms with E-state index in [0.717, 1.165) is 0 Å². The van der Waals surface area contributed by atoms with Crippen molar-refractivity contribution in [2.45, 2.75) is 6.92 Å². The van der Waals surface area contributed by atoms with Crippen LogP contribution in [0.1, 0.15) is 16.2 Å². The fourth-order valence-corrected chi connectivity index (χ4v) is 2.82. The number of hydrogen-bond donors (Lipinski definition) is 1. The maximum atomic E-state index is 12.8. The molecule has 31 heavy (non-hydrogen) atoms. The number of carbonyl (C=O) groups is 1. The van der Waals surface area contributed by atoms with Gasteiger partial charge in [-0.3, -0.25) is 14.9 Å². The molecule has 0 aliphatic heterocycles. The first-order valence-electron chi connectivity index (χ1n) is 9.23. The van der Waals surface area contributed by atoms with Gasteiger partial charge in [-0.1, -0.05) is 11.3 Å². The molecule has 0 bridgehead atoms. The summed E-state index contributed by atoms with van der Waals surface area (Å²) in [6.45, 7) is 2.38. The Bertz CT molecular complexity index is 1100. The highest BCUT2D eigenvalue weighted by Crippen LogP contribution is 2.30. The lowest BCUT2D eigenvalue weighted by atomic mass is 10.2. The minimum absolute atomic E-state index is 0.0855. The highest BCUT2D eigenvalue weighted by molar-refractivity contribution is 6.03. The molecule has 0 atom stereocenters. The summed E-state index contributed by atoms with van der Waals surface area (Å²) in [5.41, 5.74) is 1.34. The average molecular weight is 427 g/mol. The molecular weight excluding hydrogens is 406 g/mol. The van der Waals surface area contributed by atoms with E-state index < -0.39 is 10.8 Å². The molecule has 0 unspecified atom stereocenters. The highest BCUT2D eigenvalue weighted by atomic mass is 16.6. The summed E-state index contributed by atoms with van der Waals surface area (Å²) in [6.07, 6.45) is 0. The molecule has 1 heterocycles. The van der Waals surface area contributed by atoms with E-state index in [-0.39, 0.29) is 11.4 Å². The Hall–Kier alpha value is -3.99. The summed E-state index contributed by atoms with van der Waals surface area (Å²) in [7, 11) is 3.09. The number of nitro groups is 1. The number of nitro benzene ring substituents is 1. The number of hydrogen-bond acceptors (Lipinski definition) is 8. The molecule has 0 saturated carbocycles. The molecule has 0 radical (unpaired) electrons. The van der Waals surface area contributed by atoms with Gasteiger partial charge in [-0.25, -0.2) is 4.68 Å². The number of carbonyl (C=O) groups excluding carboxylic acids is 1. The van der Waals surface area contributed by atoms with E-state index in [0.29, 0.717) is 41.8 Å². The summed E-state index contributed by atoms with van der Waals surface area (Å²) in [6, 6.07) is 10.9. The summed E-state index contributed by atoms with van der Waals surface area (Å²) < 4.78 is 17.2. The standard InChI is InChI=1S/C20H21N5O6/c1-13-19(22-23-24(13)15-5-4-6-16(12-15)25(27)28)20(26)21-14-7-8-17(30-3)18(11-14)31-10-9-29-2/h4-8,11-12H,9-10H2,1-3H3,(H,21,26). The number of benzene rings is 2. The van der Waals surface area contributed by atoms with E-state index in [1.807, 2.05) is 0 Å². The summed E-state index contributed by atoms with van der Waals surface area (Å²) in [5.74, 6) is 0.485. The molecule has 1 aromatic heterocycles. The van der Waals surface area contributed by atoms with Crippen molar-refractivity contribution in [2.24, 2.45) is 0 Å². The number of rotatable bonds is 9. The predicted octanol–water partition coefficient (Wildman–Crippen LogP) is 2.77. The lowest BCUT2D eigenvalue weighted by Crippen LogP contribution is -2.14. The van der Waals surface area contributed by atoms with Crippen molar-refractivity contribution < 1.29 is 23.9 Å². The van der Waals surface area contributed by atoms with Crippen LogP contribution in [0.2, 0.25) is 0 Å². The lowest BCUT2D eigenvalue weighted by Gasteiger charge is -2.12. The van der Waals surface area contributed by atoms with Crippen LogP contribution in [0.5, 0.6) is 11.5 Å². The Balaban J connectivity index is 1.81. The number of aromatic nitrogens is 3. The Labute approximate surface area is 177 Å². The molecule has 162 valence electrons. The molecule has 0 aliphatic carbocycles. The van der Waals surface area contributed by atoms with Gasteiger partial charge in [0.1, 0.15) is 6.61 Å². The van der Waals surface area contributed by atoms with E-state index in [1.165, 1.54) is 30.0 Å². The first-order valence-corrected chi connectivity index (χ1v) is 9.23. The highest BCUT2D eigenvalue weighted by Gasteiger charge is 2.19. The molecule has 0 saturated heterocycles. The van der Waals surface area contributed by atoms with Gasteiger partial charge in [0.15, 0.2) is 17.2 Å². The molecule has 3 aromatic rings. The van der Waals surface area contributed by atoms with Gasteiger partial charge in [-0.05, 0) is 25.1 Å². The summed E-state index contributed by atoms with van der Waals surface area (Å²) >= 11 is 0. The Morgan fingerprint density at radius 1 is 1.16 bits per heavy atom. The van der Waals surface area contributed by atoms with Crippen molar-refractivity contribution in [1.29, 1.82) is 0 Å². The van der Waals surface area contributed by atoms with Gasteiger partial charge >= 0.3 is 0 Å². The van der Waals surface area contributed by atoms with Gasteiger partial charge in [0.25, 0.3) is 11.6 Å². The van der Waals surface area contributed by atoms with Crippen LogP contribution in [-0.2, 0) is 4.74 Å². The van der Waals surface area contributed by atoms with Gasteiger partial charge in [0, 0.05) is 31.0 Å². The Morgan fingerprint density at radius 2 is 1.97 bits per heavy atom. The maximum Gasteiger partial charge on any atom is 0.278 e. The molecule has 0 spiro atoms. The molecule has 3 rings (SSSR count). The molecule has 1 N–H and O–H groups in total. The number of methoxy groups -OCH3 is 2. The first-order chi connectivity index (χ1) is 14.9. The molecule has 1 amide bonds. The molecular formula is C20H21N5O6. The fourth-order valence-electron chi connectivity index (χ4n) is 2.82. The fraction of sp³-hybridized carbons (Fsp3) is 0.250. The van der Waals surface area contributed by atoms with Crippen molar-refractivity contribution >= 4 is 17.3 Å². The molecule has 0 aliphatic rings. The molecule has 0 fully saturated rings. The van der Waals surface area contributed by atoms with Crippen LogP contribution in [-0.4, -0.2) is 53.3 Å². The van der Waals surface area contributed by atoms with Gasteiger partial charge < -0.3 is 19.5 Å². The van der Waals surface area contributed by atoms with Gasteiger partial charge in [0.05, 0.1) is 30.0 Å². The van der Waals surface area contributed by atoms with Crippen molar-refractivity contribution in [1.82, 2.24) is 15.0 Å². The number of nitrogens with zero attached hydrogens (tertiary/aromatic N) is 4. The second-order valence-corrected chi connectivity index (χ2v) is 6.37. The van der Waals surface area contributed by atoms with Crippen LogP contribution in [0.4, 0.5) is 11.4 Å². The number of anilines is 1. The topological polar surface area (TPSA) is 131 Å². The minimum atomic E-state index is -0.501. The van der Waals surface area contributed by atoms with E-state index >= 15 is 0 Å². The monoisotopic (exact) mass is 427 g/mol. The van der Waals surface area contributed by atoms with E-state index in [1.54, 1.807) is 38.3 Å². The van der Waals surface area contributed by atoms with Gasteiger partial charge in [-0.15, -0.1) is 5.10 Å². The zero-order chi connectivity index (χ0) is 22.4. The SMILES string of the molecule is COCCOc1cc(NC(=O)c2nnn(-c3cccc([N+](=O)[O-])c3)c2C)ccc1OC. The Kier molecular flexibility index (Phi) is 6.78. The second kappa shape index (κ2) is 9.67. The van der Waals surface area contributed by atoms with Crippen LogP contribution in [0.25, 0.3) is 5.69 Å². The third kappa shape index (κ3) is 4.95. The normalized spacial score (nSPS) is 10.5. The smallest absolute Gasteiger partial charge is 0.278 e. The first kappa shape index (κ1) is 21.7. The zero-order valence-corrected chi connectivity index (χ0v) is 17.2. The van der Waals surface area contributed by atoms with Crippen molar-refractivity contribution in [3.05, 3.63) is 64.0 Å². The van der Waals surface area contributed by atoms with E-state index in [9.17, 15) is 14.9 Å². The average Bonchev–Trinajstić information content (AvgIpc) is 3.15. The van der Waals surface area contributed by atoms with Crippen LogP contribution >= 0.6 is 0 Å². The number of ether oxygens (including phenoxy) is 3. The van der Waals surface area contributed by atoms with Gasteiger partial charge in [-0.2, -0.15) is 0 Å². The van der Waals surface area contributed by atoms with Crippen LogP contribution in [0.15, 0.2) is 42.5 Å². The van der Waals surface area contributed by atoms with E-state index in [4.69, 9.17) is 14.2 Å². The molecule has 2 aromatic carbocycles. The number of non-ortho nitro benzene ring substituents is 1. The van der Waals surface area contributed by atoms with Crippen LogP contribution in [0.3, 0.4) is 0 Å². The van der Waals surface area contributed by atoms with Crippen LogP contribution in [0, 0.1) is 17.0 Å². The van der Waals surface area contributed by atoms with E-state index in [2.05, 4.69) is 15.6 Å². The predicted molar refractivity (Wildman–Crippen MR) is 111 cm³/mol. The van der Waals surface area contributed by atoms with Crippen molar-refractivity contribution in [3.63, 3.8) is 0 Å². The Morgan fingerprint density at radius 3 is 2.68 bits per heavy atom. The largest absolute Gasteiger partial charge is 0.493 e. The molecule has 11 heteroatoms. The number of amides is 1. The maximum absolute atomic E-state index is 12.8. The van der Waals surface area contributed by atoms with Crippen molar-refractivity contribution in [2.75, 3.05) is 32.8 Å². The lowest BCUT2D eigenvalue weighted by molar-refractivity contribution is -0.384. The summed E-state index contributed by atoms with van der Waals surface area (Å²) in [4.78, 5) is 23.3. The summed E-state index contributed by atoms with van der Waals surface area (Å²) in [5, 5.41) is 21.7. The zero-order valence-electron chi connectivity index (χ0n) is 17.2. The third-order valence-corrected chi connectivity index (χ3v) is 4.36. The number of nitrogens with one attached hydrogen (secondary N) is 1. The minimum Gasteiger partial charge on any atom is -0.493 e.